The van der Waals surface area contributed by atoms with E-state index in [-0.39, 0.29) is 24.4 Å². The molecule has 0 aliphatic carbocycles. The molecule has 0 aromatic heterocycles. The molecule has 1 rings (SSSR count). The molecular weight excluding hydrogens is 192 g/mol. The number of aliphatic hydroxyl groups excluding tert-OH is 1. The van der Waals surface area contributed by atoms with Gasteiger partial charge in [-0.1, -0.05) is 26.8 Å². The standard InChI is InChI=1S/C12H18O3/c1-12(2,3)10-5-4-9(8-11(10)14)15-7-6-13/h4-5,8,13-14H,6-7H2,1-3H3. The summed E-state index contributed by atoms with van der Waals surface area (Å²) in [4.78, 5) is 0. The van der Waals surface area contributed by atoms with E-state index >= 15 is 0 Å². The van der Waals surface area contributed by atoms with Gasteiger partial charge >= 0.3 is 0 Å². The van der Waals surface area contributed by atoms with Crippen molar-refractivity contribution in [1.82, 2.24) is 0 Å². The monoisotopic (exact) mass is 210 g/mol. The summed E-state index contributed by atoms with van der Waals surface area (Å²) in [5, 5.41) is 18.4. The zero-order valence-electron chi connectivity index (χ0n) is 9.45. The van der Waals surface area contributed by atoms with Crippen LogP contribution >= 0.6 is 0 Å². The first-order chi connectivity index (χ1) is 6.95. The van der Waals surface area contributed by atoms with Crippen molar-refractivity contribution in [3.05, 3.63) is 23.8 Å². The van der Waals surface area contributed by atoms with E-state index in [1.165, 1.54) is 0 Å². The van der Waals surface area contributed by atoms with Crippen molar-refractivity contribution in [1.29, 1.82) is 0 Å². The highest BCUT2D eigenvalue weighted by atomic mass is 16.5. The molecule has 0 amide bonds. The molecule has 0 spiro atoms. The lowest BCUT2D eigenvalue weighted by Gasteiger charge is -2.20. The van der Waals surface area contributed by atoms with Crippen LogP contribution in [-0.2, 0) is 5.41 Å². The second kappa shape index (κ2) is 4.53. The van der Waals surface area contributed by atoms with Crippen molar-refractivity contribution in [2.75, 3.05) is 13.2 Å². The van der Waals surface area contributed by atoms with Crippen LogP contribution in [0.15, 0.2) is 18.2 Å². The summed E-state index contributed by atoms with van der Waals surface area (Å²) >= 11 is 0. The maximum absolute atomic E-state index is 9.78. The van der Waals surface area contributed by atoms with Gasteiger partial charge in [0.2, 0.25) is 0 Å². The van der Waals surface area contributed by atoms with E-state index < -0.39 is 0 Å². The van der Waals surface area contributed by atoms with Gasteiger partial charge in [-0.25, -0.2) is 0 Å². The van der Waals surface area contributed by atoms with Gasteiger partial charge in [0.15, 0.2) is 0 Å². The number of aliphatic hydroxyl groups is 1. The van der Waals surface area contributed by atoms with Gasteiger partial charge in [-0.3, -0.25) is 0 Å². The molecule has 0 saturated carbocycles. The Kier molecular flexibility index (Phi) is 3.58. The SMILES string of the molecule is CC(C)(C)c1ccc(OCCO)cc1O. The highest BCUT2D eigenvalue weighted by Gasteiger charge is 2.18. The minimum absolute atomic E-state index is 0.0260. The first-order valence-corrected chi connectivity index (χ1v) is 5.02. The predicted octanol–water partition coefficient (Wildman–Crippen LogP) is 2.06. The van der Waals surface area contributed by atoms with E-state index in [9.17, 15) is 5.11 Å². The molecule has 84 valence electrons. The summed E-state index contributed by atoms with van der Waals surface area (Å²) in [5.74, 6) is 0.812. The van der Waals surface area contributed by atoms with Crippen LogP contribution < -0.4 is 4.74 Å². The Morgan fingerprint density at radius 3 is 2.40 bits per heavy atom. The van der Waals surface area contributed by atoms with E-state index in [0.717, 1.165) is 5.56 Å². The minimum atomic E-state index is -0.0837. The summed E-state index contributed by atoms with van der Waals surface area (Å²) in [5.41, 5.74) is 0.804. The maximum atomic E-state index is 9.78. The minimum Gasteiger partial charge on any atom is -0.508 e. The fourth-order valence-corrected chi connectivity index (χ4v) is 1.40. The average Bonchev–Trinajstić information content (AvgIpc) is 2.12. The second-order valence-corrected chi connectivity index (χ2v) is 4.50. The highest BCUT2D eigenvalue weighted by Crippen LogP contribution is 2.33. The molecule has 0 bridgehead atoms. The number of ether oxygens (including phenoxy) is 1. The fraction of sp³-hybridized carbons (Fsp3) is 0.500. The zero-order valence-corrected chi connectivity index (χ0v) is 9.45. The van der Waals surface area contributed by atoms with Crippen LogP contribution in [0, 0.1) is 0 Å². The third kappa shape index (κ3) is 3.13. The van der Waals surface area contributed by atoms with E-state index in [4.69, 9.17) is 9.84 Å². The molecular formula is C12H18O3. The smallest absolute Gasteiger partial charge is 0.123 e. The molecule has 3 nitrogen and oxygen atoms in total. The largest absolute Gasteiger partial charge is 0.508 e. The number of rotatable bonds is 3. The molecule has 15 heavy (non-hydrogen) atoms. The molecule has 0 atom stereocenters. The van der Waals surface area contributed by atoms with Gasteiger partial charge in [0.05, 0.1) is 6.61 Å². The Hall–Kier alpha value is -1.22. The van der Waals surface area contributed by atoms with Gasteiger partial charge in [0, 0.05) is 6.07 Å². The molecule has 0 fully saturated rings. The molecule has 3 heteroatoms. The number of hydrogen-bond donors (Lipinski definition) is 2. The summed E-state index contributed by atoms with van der Waals surface area (Å²) < 4.78 is 5.19. The Balaban J connectivity index is 2.89. The third-order valence-corrected chi connectivity index (χ3v) is 2.14. The zero-order chi connectivity index (χ0) is 11.5. The quantitative estimate of drug-likeness (QED) is 0.802. The van der Waals surface area contributed by atoms with Crippen molar-refractivity contribution < 1.29 is 14.9 Å². The van der Waals surface area contributed by atoms with Gasteiger partial charge in [-0.15, -0.1) is 0 Å². The van der Waals surface area contributed by atoms with Gasteiger partial charge in [0.25, 0.3) is 0 Å². The number of phenolic OH excluding ortho intramolecular Hbond substituents is 1. The molecule has 0 aliphatic heterocycles. The molecule has 0 unspecified atom stereocenters. The molecule has 0 radical (unpaired) electrons. The normalized spacial score (nSPS) is 11.5. The number of phenols is 1. The molecule has 0 aliphatic rings. The summed E-state index contributed by atoms with van der Waals surface area (Å²) in [6.45, 7) is 6.33. The molecule has 0 saturated heterocycles. The van der Waals surface area contributed by atoms with E-state index in [2.05, 4.69) is 0 Å². The Morgan fingerprint density at radius 1 is 1.27 bits per heavy atom. The third-order valence-electron chi connectivity index (χ3n) is 2.14. The summed E-state index contributed by atoms with van der Waals surface area (Å²) in [6, 6.07) is 5.23. The van der Waals surface area contributed by atoms with Crippen LogP contribution in [0.1, 0.15) is 26.3 Å². The average molecular weight is 210 g/mol. The van der Waals surface area contributed by atoms with Gasteiger partial charge < -0.3 is 14.9 Å². The summed E-state index contributed by atoms with van der Waals surface area (Å²) in [6.07, 6.45) is 0. The topological polar surface area (TPSA) is 49.7 Å². The fourth-order valence-electron chi connectivity index (χ4n) is 1.40. The molecule has 1 aromatic carbocycles. The maximum Gasteiger partial charge on any atom is 0.123 e. The van der Waals surface area contributed by atoms with Crippen molar-refractivity contribution in [2.45, 2.75) is 26.2 Å². The van der Waals surface area contributed by atoms with Crippen LogP contribution in [-0.4, -0.2) is 23.4 Å². The first-order valence-electron chi connectivity index (χ1n) is 5.02. The van der Waals surface area contributed by atoms with Gasteiger partial charge in [0.1, 0.15) is 18.1 Å². The first kappa shape index (κ1) is 11.9. The second-order valence-electron chi connectivity index (χ2n) is 4.50. The number of benzene rings is 1. The highest BCUT2D eigenvalue weighted by molar-refractivity contribution is 5.43. The van der Waals surface area contributed by atoms with Gasteiger partial charge in [-0.2, -0.15) is 0 Å². The van der Waals surface area contributed by atoms with E-state index in [0.29, 0.717) is 5.75 Å². The molecule has 1 aromatic rings. The van der Waals surface area contributed by atoms with Gasteiger partial charge in [-0.05, 0) is 17.0 Å². The number of hydrogen-bond acceptors (Lipinski definition) is 3. The van der Waals surface area contributed by atoms with Crippen LogP contribution in [0.4, 0.5) is 0 Å². The Labute approximate surface area is 90.3 Å². The summed E-state index contributed by atoms with van der Waals surface area (Å²) in [7, 11) is 0. The van der Waals surface area contributed by atoms with Crippen LogP contribution in [0.5, 0.6) is 11.5 Å². The van der Waals surface area contributed by atoms with Crippen molar-refractivity contribution >= 4 is 0 Å². The van der Waals surface area contributed by atoms with Crippen molar-refractivity contribution in [3.63, 3.8) is 0 Å². The van der Waals surface area contributed by atoms with Crippen LogP contribution in [0.2, 0.25) is 0 Å². The van der Waals surface area contributed by atoms with Crippen LogP contribution in [0.3, 0.4) is 0 Å². The van der Waals surface area contributed by atoms with E-state index in [1.807, 2.05) is 26.8 Å². The van der Waals surface area contributed by atoms with Crippen molar-refractivity contribution in [3.8, 4) is 11.5 Å². The molecule has 0 heterocycles. The Bertz CT molecular complexity index is 326. The lowest BCUT2D eigenvalue weighted by Crippen LogP contribution is -2.11. The lowest BCUT2D eigenvalue weighted by molar-refractivity contribution is 0.201. The van der Waals surface area contributed by atoms with E-state index in [1.54, 1.807) is 12.1 Å². The predicted molar refractivity (Wildman–Crippen MR) is 59.4 cm³/mol. The molecule has 2 N–H and O–H groups in total. The van der Waals surface area contributed by atoms with Crippen molar-refractivity contribution in [2.24, 2.45) is 0 Å². The lowest BCUT2D eigenvalue weighted by atomic mass is 9.86. The number of aromatic hydroxyl groups is 1. The Morgan fingerprint density at radius 2 is 1.93 bits per heavy atom. The van der Waals surface area contributed by atoms with Crippen LogP contribution in [0.25, 0.3) is 0 Å².